The molecule has 0 amide bonds. The van der Waals surface area contributed by atoms with Gasteiger partial charge in [-0.3, -0.25) is 4.79 Å². The number of hydrogen-bond acceptors (Lipinski definition) is 3. The second-order valence-electron chi connectivity index (χ2n) is 3.32. The van der Waals surface area contributed by atoms with E-state index in [-0.39, 0.29) is 26.5 Å². The molecular weight excluding hydrogens is 318 g/mol. The van der Waals surface area contributed by atoms with Crippen molar-refractivity contribution >= 4 is 52.2 Å². The first-order valence-electron chi connectivity index (χ1n) is 4.67. The van der Waals surface area contributed by atoms with Crippen LogP contribution in [0.4, 0.5) is 0 Å². The SMILES string of the molecule is O=C(c1cc(Cl)ccc1Cl)c1cc(Cl)nnc1Cl. The van der Waals surface area contributed by atoms with E-state index in [0.717, 1.165) is 0 Å². The van der Waals surface area contributed by atoms with Gasteiger partial charge in [0, 0.05) is 10.6 Å². The summed E-state index contributed by atoms with van der Waals surface area (Å²) in [5, 5.41) is 7.79. The van der Waals surface area contributed by atoms with Crippen LogP contribution < -0.4 is 0 Å². The van der Waals surface area contributed by atoms with Gasteiger partial charge in [-0.2, -0.15) is 0 Å². The number of hydrogen-bond donors (Lipinski definition) is 0. The minimum absolute atomic E-state index is 0.0413. The van der Waals surface area contributed by atoms with Crippen molar-refractivity contribution in [2.45, 2.75) is 0 Å². The zero-order valence-electron chi connectivity index (χ0n) is 8.62. The fourth-order valence-corrected chi connectivity index (χ4v) is 2.03. The highest BCUT2D eigenvalue weighted by atomic mass is 35.5. The molecule has 0 saturated heterocycles. The summed E-state index contributed by atoms with van der Waals surface area (Å²) >= 11 is 23.2. The average Bonchev–Trinajstić information content (AvgIpc) is 2.34. The van der Waals surface area contributed by atoms with Crippen molar-refractivity contribution in [3.63, 3.8) is 0 Å². The molecule has 3 nitrogen and oxygen atoms in total. The van der Waals surface area contributed by atoms with Gasteiger partial charge in [-0.25, -0.2) is 0 Å². The van der Waals surface area contributed by atoms with Crippen LogP contribution in [0, 0.1) is 0 Å². The molecular formula is C11H4Cl4N2O. The van der Waals surface area contributed by atoms with Gasteiger partial charge in [0.25, 0.3) is 0 Å². The first kappa shape index (κ1) is 13.6. The summed E-state index contributed by atoms with van der Waals surface area (Å²) in [4.78, 5) is 12.2. The van der Waals surface area contributed by atoms with Crippen molar-refractivity contribution < 1.29 is 4.79 Å². The van der Waals surface area contributed by atoms with Crippen molar-refractivity contribution in [2.75, 3.05) is 0 Å². The normalized spacial score (nSPS) is 10.4. The number of rotatable bonds is 2. The number of nitrogens with zero attached hydrogens (tertiary/aromatic N) is 2. The Morgan fingerprint density at radius 3 is 2.39 bits per heavy atom. The highest BCUT2D eigenvalue weighted by molar-refractivity contribution is 6.39. The summed E-state index contributed by atoms with van der Waals surface area (Å²) in [7, 11) is 0. The summed E-state index contributed by atoms with van der Waals surface area (Å²) in [5.41, 5.74) is 0.357. The van der Waals surface area contributed by atoms with E-state index in [4.69, 9.17) is 46.4 Å². The monoisotopic (exact) mass is 320 g/mol. The fraction of sp³-hybridized carbons (Fsp3) is 0. The van der Waals surface area contributed by atoms with Crippen molar-refractivity contribution in [1.29, 1.82) is 0 Å². The second kappa shape index (κ2) is 5.41. The predicted molar refractivity (Wildman–Crippen MR) is 71.9 cm³/mol. The molecule has 7 heteroatoms. The van der Waals surface area contributed by atoms with E-state index in [0.29, 0.717) is 5.02 Å². The molecule has 0 bridgehead atoms. The molecule has 0 spiro atoms. The molecule has 2 rings (SSSR count). The zero-order valence-corrected chi connectivity index (χ0v) is 11.6. The van der Waals surface area contributed by atoms with Crippen molar-refractivity contribution in [3.05, 3.63) is 55.7 Å². The maximum atomic E-state index is 12.2. The third kappa shape index (κ3) is 2.75. The number of halogens is 4. The number of aromatic nitrogens is 2. The summed E-state index contributed by atoms with van der Waals surface area (Å²) in [5.74, 6) is -0.413. The minimum Gasteiger partial charge on any atom is -0.288 e. The molecule has 0 unspecified atom stereocenters. The van der Waals surface area contributed by atoms with Crippen LogP contribution in [-0.2, 0) is 0 Å². The molecule has 18 heavy (non-hydrogen) atoms. The number of benzene rings is 1. The Labute approximate surface area is 123 Å². The summed E-state index contributed by atoms with van der Waals surface area (Å²) in [6, 6.07) is 5.90. The standard InChI is InChI=1S/C11H4Cl4N2O/c12-5-1-2-8(13)6(3-5)10(18)7-4-9(14)16-17-11(7)15/h1-4H. The molecule has 0 fully saturated rings. The smallest absolute Gasteiger partial charge is 0.197 e. The number of ketones is 1. The molecule has 0 radical (unpaired) electrons. The maximum Gasteiger partial charge on any atom is 0.197 e. The Kier molecular flexibility index (Phi) is 4.07. The van der Waals surface area contributed by atoms with Crippen LogP contribution in [0.15, 0.2) is 24.3 Å². The summed E-state index contributed by atoms with van der Waals surface area (Å²) < 4.78 is 0. The molecule has 0 aliphatic carbocycles. The molecule has 92 valence electrons. The highest BCUT2D eigenvalue weighted by Crippen LogP contribution is 2.26. The largest absolute Gasteiger partial charge is 0.288 e. The Balaban J connectivity index is 2.54. The molecule has 1 heterocycles. The van der Waals surface area contributed by atoms with Gasteiger partial charge in [-0.15, -0.1) is 10.2 Å². The highest BCUT2D eigenvalue weighted by Gasteiger charge is 2.18. The lowest BCUT2D eigenvalue weighted by Crippen LogP contribution is -2.05. The molecule has 0 atom stereocenters. The van der Waals surface area contributed by atoms with Gasteiger partial charge in [0.2, 0.25) is 0 Å². The van der Waals surface area contributed by atoms with Crippen molar-refractivity contribution in [3.8, 4) is 0 Å². The van der Waals surface area contributed by atoms with Gasteiger partial charge in [0.15, 0.2) is 16.1 Å². The van der Waals surface area contributed by atoms with Crippen LogP contribution >= 0.6 is 46.4 Å². The molecule has 0 N–H and O–H groups in total. The third-order valence-electron chi connectivity index (χ3n) is 2.14. The first-order valence-corrected chi connectivity index (χ1v) is 6.18. The Hall–Kier alpha value is -0.870. The summed E-state index contributed by atoms with van der Waals surface area (Å²) in [6.45, 7) is 0. The lowest BCUT2D eigenvalue weighted by Gasteiger charge is -2.05. The lowest BCUT2D eigenvalue weighted by atomic mass is 10.1. The molecule has 1 aromatic carbocycles. The van der Waals surface area contributed by atoms with Gasteiger partial charge in [-0.1, -0.05) is 46.4 Å². The summed E-state index contributed by atoms with van der Waals surface area (Å²) in [6.07, 6.45) is 0. The molecule has 0 aliphatic rings. The molecule has 1 aromatic heterocycles. The van der Waals surface area contributed by atoms with E-state index in [9.17, 15) is 4.79 Å². The molecule has 2 aromatic rings. The van der Waals surface area contributed by atoms with E-state index < -0.39 is 5.78 Å². The topological polar surface area (TPSA) is 42.9 Å². The lowest BCUT2D eigenvalue weighted by molar-refractivity contribution is 0.103. The van der Waals surface area contributed by atoms with Gasteiger partial charge >= 0.3 is 0 Å². The van der Waals surface area contributed by atoms with Crippen LogP contribution in [0.5, 0.6) is 0 Å². The first-order chi connectivity index (χ1) is 8.49. The van der Waals surface area contributed by atoms with Crippen LogP contribution in [0.2, 0.25) is 20.4 Å². The van der Waals surface area contributed by atoms with E-state index in [1.165, 1.54) is 18.2 Å². The Morgan fingerprint density at radius 2 is 1.67 bits per heavy atom. The van der Waals surface area contributed by atoms with Crippen LogP contribution in [-0.4, -0.2) is 16.0 Å². The number of carbonyl (C=O) groups excluding carboxylic acids is 1. The van der Waals surface area contributed by atoms with E-state index in [1.807, 2.05) is 0 Å². The van der Waals surface area contributed by atoms with Gasteiger partial charge in [0.05, 0.1) is 10.6 Å². The van der Waals surface area contributed by atoms with Crippen molar-refractivity contribution in [1.82, 2.24) is 10.2 Å². The van der Waals surface area contributed by atoms with E-state index >= 15 is 0 Å². The van der Waals surface area contributed by atoms with Crippen LogP contribution in [0.1, 0.15) is 15.9 Å². The quantitative estimate of drug-likeness (QED) is 0.773. The fourth-order valence-electron chi connectivity index (χ4n) is 1.33. The Bertz CT molecular complexity index is 577. The average molecular weight is 322 g/mol. The number of carbonyl (C=O) groups is 1. The van der Waals surface area contributed by atoms with E-state index in [2.05, 4.69) is 10.2 Å². The Morgan fingerprint density at radius 1 is 0.944 bits per heavy atom. The minimum atomic E-state index is -0.413. The molecule has 0 saturated carbocycles. The predicted octanol–water partition coefficient (Wildman–Crippen LogP) is 4.32. The van der Waals surface area contributed by atoms with Gasteiger partial charge in [-0.05, 0) is 24.3 Å². The zero-order chi connectivity index (χ0) is 13.3. The second-order valence-corrected chi connectivity index (χ2v) is 4.91. The van der Waals surface area contributed by atoms with Gasteiger partial charge in [0.1, 0.15) is 0 Å². The third-order valence-corrected chi connectivity index (χ3v) is 3.17. The van der Waals surface area contributed by atoms with Gasteiger partial charge < -0.3 is 0 Å². The van der Waals surface area contributed by atoms with Crippen LogP contribution in [0.25, 0.3) is 0 Å². The maximum absolute atomic E-state index is 12.2. The van der Waals surface area contributed by atoms with Crippen LogP contribution in [0.3, 0.4) is 0 Å². The van der Waals surface area contributed by atoms with Crippen molar-refractivity contribution in [2.24, 2.45) is 0 Å². The van der Waals surface area contributed by atoms with E-state index in [1.54, 1.807) is 6.07 Å². The molecule has 0 aliphatic heterocycles.